The summed E-state index contributed by atoms with van der Waals surface area (Å²) < 4.78 is 20.1. The van der Waals surface area contributed by atoms with E-state index in [9.17, 15) is 4.39 Å². The SMILES string of the molecule is NCCc1ccc(Oc2ccc(F)c(Br)c2)c(Br)c1. The molecule has 0 bridgehead atoms. The second kappa shape index (κ2) is 6.50. The van der Waals surface area contributed by atoms with Crippen LogP contribution in [0.25, 0.3) is 0 Å². The van der Waals surface area contributed by atoms with Gasteiger partial charge >= 0.3 is 0 Å². The number of ether oxygens (including phenoxy) is 1. The molecule has 100 valence electrons. The van der Waals surface area contributed by atoms with Gasteiger partial charge in [-0.25, -0.2) is 4.39 Å². The largest absolute Gasteiger partial charge is 0.456 e. The van der Waals surface area contributed by atoms with Crippen LogP contribution in [0.2, 0.25) is 0 Å². The molecule has 2 aromatic carbocycles. The zero-order valence-corrected chi connectivity index (χ0v) is 13.2. The summed E-state index contributed by atoms with van der Waals surface area (Å²) in [4.78, 5) is 0. The van der Waals surface area contributed by atoms with E-state index in [0.29, 0.717) is 22.5 Å². The summed E-state index contributed by atoms with van der Waals surface area (Å²) in [7, 11) is 0. The molecular formula is C14H12Br2FNO. The van der Waals surface area contributed by atoms with Gasteiger partial charge in [-0.1, -0.05) is 6.07 Å². The Morgan fingerprint density at radius 1 is 1.05 bits per heavy atom. The lowest BCUT2D eigenvalue weighted by atomic mass is 10.1. The fourth-order valence-corrected chi connectivity index (χ4v) is 2.48. The second-order valence-corrected chi connectivity index (χ2v) is 5.69. The normalized spacial score (nSPS) is 10.5. The zero-order valence-electron chi connectivity index (χ0n) is 10.00. The average Bonchev–Trinajstić information content (AvgIpc) is 2.37. The first-order chi connectivity index (χ1) is 9.10. The maximum Gasteiger partial charge on any atom is 0.141 e. The predicted octanol–water partition coefficient (Wildman–Crippen LogP) is 4.64. The molecule has 0 saturated heterocycles. The summed E-state index contributed by atoms with van der Waals surface area (Å²) in [5.41, 5.74) is 6.66. The fraction of sp³-hybridized carbons (Fsp3) is 0.143. The predicted molar refractivity (Wildman–Crippen MR) is 81.1 cm³/mol. The minimum Gasteiger partial charge on any atom is -0.456 e. The van der Waals surface area contributed by atoms with Gasteiger partial charge in [-0.15, -0.1) is 0 Å². The molecule has 0 aliphatic rings. The van der Waals surface area contributed by atoms with Crippen LogP contribution in [-0.2, 0) is 6.42 Å². The molecule has 19 heavy (non-hydrogen) atoms. The summed E-state index contributed by atoms with van der Waals surface area (Å²) in [5.74, 6) is 0.935. The van der Waals surface area contributed by atoms with Crippen LogP contribution in [0, 0.1) is 5.82 Å². The summed E-state index contributed by atoms with van der Waals surface area (Å²) in [6, 6.07) is 10.3. The Morgan fingerprint density at radius 2 is 1.84 bits per heavy atom. The molecule has 0 heterocycles. The molecule has 2 aromatic rings. The number of nitrogens with two attached hydrogens (primary N) is 1. The van der Waals surface area contributed by atoms with Gasteiger partial charge < -0.3 is 10.5 Å². The maximum absolute atomic E-state index is 13.1. The highest BCUT2D eigenvalue weighted by molar-refractivity contribution is 9.10. The van der Waals surface area contributed by atoms with Crippen LogP contribution < -0.4 is 10.5 Å². The Hall–Kier alpha value is -0.910. The Bertz CT molecular complexity index is 590. The quantitative estimate of drug-likeness (QED) is 0.827. The van der Waals surface area contributed by atoms with Crippen LogP contribution in [0.5, 0.6) is 11.5 Å². The second-order valence-electron chi connectivity index (χ2n) is 3.98. The third kappa shape index (κ3) is 3.78. The first-order valence-corrected chi connectivity index (χ1v) is 7.30. The van der Waals surface area contributed by atoms with E-state index in [0.717, 1.165) is 16.5 Å². The number of benzene rings is 2. The van der Waals surface area contributed by atoms with E-state index in [-0.39, 0.29) is 5.82 Å². The van der Waals surface area contributed by atoms with Crippen molar-refractivity contribution >= 4 is 31.9 Å². The molecule has 0 aromatic heterocycles. The third-order valence-electron chi connectivity index (χ3n) is 2.55. The van der Waals surface area contributed by atoms with Crippen molar-refractivity contribution in [1.29, 1.82) is 0 Å². The molecule has 0 aliphatic heterocycles. The van der Waals surface area contributed by atoms with Crippen molar-refractivity contribution < 1.29 is 9.13 Å². The van der Waals surface area contributed by atoms with Crippen molar-refractivity contribution in [1.82, 2.24) is 0 Å². The topological polar surface area (TPSA) is 35.2 Å². The van der Waals surface area contributed by atoms with Crippen LogP contribution in [0.4, 0.5) is 4.39 Å². The lowest BCUT2D eigenvalue weighted by Gasteiger charge is -2.09. The van der Waals surface area contributed by atoms with Crippen LogP contribution >= 0.6 is 31.9 Å². The molecule has 0 aliphatic carbocycles. The van der Waals surface area contributed by atoms with E-state index >= 15 is 0 Å². The molecule has 0 radical (unpaired) electrons. The molecule has 0 fully saturated rings. The lowest BCUT2D eigenvalue weighted by molar-refractivity contribution is 0.476. The van der Waals surface area contributed by atoms with E-state index in [1.165, 1.54) is 6.07 Å². The highest BCUT2D eigenvalue weighted by Crippen LogP contribution is 2.32. The highest BCUT2D eigenvalue weighted by atomic mass is 79.9. The van der Waals surface area contributed by atoms with Gasteiger partial charge in [0.05, 0.1) is 8.95 Å². The minimum atomic E-state index is -0.315. The van der Waals surface area contributed by atoms with E-state index in [1.807, 2.05) is 18.2 Å². The summed E-state index contributed by atoms with van der Waals surface area (Å²) >= 11 is 6.59. The Labute approximate surface area is 128 Å². The standard InChI is InChI=1S/C14H12Br2FNO/c15-11-8-10(2-3-13(11)17)19-14-4-1-9(5-6-18)7-12(14)16/h1-4,7-8H,5-6,18H2. The first-order valence-electron chi connectivity index (χ1n) is 5.71. The molecule has 0 spiro atoms. The van der Waals surface area contributed by atoms with Gasteiger partial charge in [0.1, 0.15) is 17.3 Å². The van der Waals surface area contributed by atoms with Crippen molar-refractivity contribution in [3.05, 3.63) is 56.7 Å². The Balaban J connectivity index is 2.20. The molecule has 2 N–H and O–H groups in total. The van der Waals surface area contributed by atoms with Crippen LogP contribution in [0.15, 0.2) is 45.3 Å². The fourth-order valence-electron chi connectivity index (χ4n) is 1.62. The maximum atomic E-state index is 13.1. The van der Waals surface area contributed by atoms with E-state index < -0.39 is 0 Å². The molecule has 2 rings (SSSR count). The van der Waals surface area contributed by atoms with Crippen molar-refractivity contribution in [3.8, 4) is 11.5 Å². The minimum absolute atomic E-state index is 0.315. The van der Waals surface area contributed by atoms with E-state index in [4.69, 9.17) is 10.5 Å². The lowest BCUT2D eigenvalue weighted by Crippen LogP contribution is -2.02. The van der Waals surface area contributed by atoms with Crippen molar-refractivity contribution in [2.45, 2.75) is 6.42 Å². The highest BCUT2D eigenvalue weighted by Gasteiger charge is 2.06. The summed E-state index contributed by atoms with van der Waals surface area (Å²) in [5, 5.41) is 0. The van der Waals surface area contributed by atoms with Gasteiger partial charge in [0.25, 0.3) is 0 Å². The smallest absolute Gasteiger partial charge is 0.141 e. The van der Waals surface area contributed by atoms with Gasteiger partial charge in [0.2, 0.25) is 0 Å². The number of hydrogen-bond donors (Lipinski definition) is 1. The molecule has 0 saturated carbocycles. The van der Waals surface area contributed by atoms with Crippen molar-refractivity contribution in [2.75, 3.05) is 6.54 Å². The molecule has 0 unspecified atom stereocenters. The first kappa shape index (κ1) is 14.5. The van der Waals surface area contributed by atoms with Crippen molar-refractivity contribution in [3.63, 3.8) is 0 Å². The van der Waals surface area contributed by atoms with Crippen LogP contribution in [0.3, 0.4) is 0 Å². The van der Waals surface area contributed by atoms with Gasteiger partial charge in [-0.2, -0.15) is 0 Å². The number of hydrogen-bond acceptors (Lipinski definition) is 2. The van der Waals surface area contributed by atoms with Crippen LogP contribution in [-0.4, -0.2) is 6.54 Å². The molecular weight excluding hydrogens is 377 g/mol. The molecule has 0 atom stereocenters. The van der Waals surface area contributed by atoms with Crippen LogP contribution in [0.1, 0.15) is 5.56 Å². The molecule has 2 nitrogen and oxygen atoms in total. The van der Waals surface area contributed by atoms with E-state index in [1.54, 1.807) is 12.1 Å². The monoisotopic (exact) mass is 387 g/mol. The van der Waals surface area contributed by atoms with Crippen molar-refractivity contribution in [2.24, 2.45) is 5.73 Å². The number of rotatable bonds is 4. The average molecular weight is 389 g/mol. The Kier molecular flexibility index (Phi) is 4.96. The molecule has 5 heteroatoms. The zero-order chi connectivity index (χ0) is 13.8. The van der Waals surface area contributed by atoms with Gasteiger partial charge in [0, 0.05) is 0 Å². The summed E-state index contributed by atoms with van der Waals surface area (Å²) in [6.07, 6.45) is 0.820. The van der Waals surface area contributed by atoms with E-state index in [2.05, 4.69) is 31.9 Å². The number of halogens is 3. The summed E-state index contributed by atoms with van der Waals surface area (Å²) in [6.45, 7) is 0.609. The van der Waals surface area contributed by atoms with Gasteiger partial charge in [0.15, 0.2) is 0 Å². The third-order valence-corrected chi connectivity index (χ3v) is 3.78. The molecule has 0 amide bonds. The van der Waals surface area contributed by atoms with Gasteiger partial charge in [-0.3, -0.25) is 0 Å². The Morgan fingerprint density at radius 3 is 2.47 bits per heavy atom. The van der Waals surface area contributed by atoms with Gasteiger partial charge in [-0.05, 0) is 80.7 Å².